The Kier molecular flexibility index (Phi) is 3.84. The van der Waals surface area contributed by atoms with Crippen LogP contribution in [0.2, 0.25) is 0 Å². The number of nitrogens with zero attached hydrogens (tertiary/aromatic N) is 3. The van der Waals surface area contributed by atoms with E-state index >= 15 is 0 Å². The van der Waals surface area contributed by atoms with Crippen molar-refractivity contribution in [2.24, 2.45) is 5.10 Å². The number of hydrogen-bond donors (Lipinski definition) is 2. The van der Waals surface area contributed by atoms with E-state index in [0.717, 1.165) is 11.1 Å². The van der Waals surface area contributed by atoms with E-state index in [1.165, 1.54) is 5.56 Å². The third-order valence-corrected chi connectivity index (χ3v) is 3.44. The van der Waals surface area contributed by atoms with Gasteiger partial charge in [0.2, 0.25) is 4.77 Å². The molecule has 0 bridgehead atoms. The molecule has 1 aromatic heterocycles. The zero-order valence-electron chi connectivity index (χ0n) is 11.9. The molecule has 0 spiro atoms. The van der Waals surface area contributed by atoms with E-state index in [1.54, 1.807) is 35.2 Å². The minimum Gasteiger partial charge on any atom is -0.508 e. The van der Waals surface area contributed by atoms with Crippen LogP contribution in [0.1, 0.15) is 11.1 Å². The summed E-state index contributed by atoms with van der Waals surface area (Å²) in [6.07, 6.45) is 1.67. The molecule has 2 aromatic carbocycles. The molecular weight excluding hydrogens is 296 g/mol. The summed E-state index contributed by atoms with van der Waals surface area (Å²) in [5.74, 6) is 0.873. The minimum atomic E-state index is 0.220. The molecule has 22 heavy (non-hydrogen) atoms. The lowest BCUT2D eigenvalue weighted by molar-refractivity contribution is 0.475. The van der Waals surface area contributed by atoms with Gasteiger partial charge in [-0.3, -0.25) is 0 Å². The summed E-state index contributed by atoms with van der Waals surface area (Å²) in [6.45, 7) is 2.03. The summed E-state index contributed by atoms with van der Waals surface area (Å²) in [7, 11) is 0. The normalized spacial score (nSPS) is 11.1. The molecule has 6 heteroatoms. The monoisotopic (exact) mass is 310 g/mol. The van der Waals surface area contributed by atoms with Crippen LogP contribution in [0.4, 0.5) is 0 Å². The Hall–Kier alpha value is -2.73. The van der Waals surface area contributed by atoms with Crippen molar-refractivity contribution in [3.05, 3.63) is 64.4 Å². The summed E-state index contributed by atoms with van der Waals surface area (Å²) in [4.78, 5) is 0. The number of rotatable bonds is 3. The molecule has 3 aromatic rings. The van der Waals surface area contributed by atoms with E-state index < -0.39 is 0 Å². The highest BCUT2D eigenvalue weighted by Crippen LogP contribution is 2.18. The third kappa shape index (κ3) is 2.96. The second kappa shape index (κ2) is 5.95. The van der Waals surface area contributed by atoms with Crippen LogP contribution in [0.5, 0.6) is 5.75 Å². The number of phenols is 1. The number of aryl methyl sites for hydroxylation is 1. The second-order valence-electron chi connectivity index (χ2n) is 4.87. The lowest BCUT2D eigenvalue weighted by Crippen LogP contribution is -1.95. The number of aromatic nitrogens is 3. The Labute approximate surface area is 132 Å². The number of H-pyrrole nitrogens is 1. The van der Waals surface area contributed by atoms with Gasteiger partial charge in [-0.2, -0.15) is 14.9 Å². The molecule has 110 valence electrons. The molecule has 0 atom stereocenters. The van der Waals surface area contributed by atoms with E-state index in [2.05, 4.69) is 15.3 Å². The third-order valence-electron chi connectivity index (χ3n) is 3.18. The fourth-order valence-corrected chi connectivity index (χ4v) is 2.15. The first-order valence-corrected chi connectivity index (χ1v) is 7.12. The van der Waals surface area contributed by atoms with Gasteiger partial charge in [-0.1, -0.05) is 29.8 Å². The molecule has 0 fully saturated rings. The molecule has 0 amide bonds. The van der Waals surface area contributed by atoms with Gasteiger partial charge < -0.3 is 5.11 Å². The van der Waals surface area contributed by atoms with Crippen LogP contribution in [0, 0.1) is 11.7 Å². The zero-order valence-corrected chi connectivity index (χ0v) is 12.7. The molecule has 0 aliphatic heterocycles. The van der Waals surface area contributed by atoms with Crippen LogP contribution in [0.25, 0.3) is 11.4 Å². The molecule has 0 saturated carbocycles. The Morgan fingerprint density at radius 2 is 1.82 bits per heavy atom. The van der Waals surface area contributed by atoms with Crippen LogP contribution in [0.15, 0.2) is 53.6 Å². The van der Waals surface area contributed by atoms with E-state index in [9.17, 15) is 5.11 Å². The Balaban J connectivity index is 1.97. The van der Waals surface area contributed by atoms with Crippen molar-refractivity contribution in [2.45, 2.75) is 6.92 Å². The van der Waals surface area contributed by atoms with Crippen molar-refractivity contribution in [3.63, 3.8) is 0 Å². The first-order chi connectivity index (χ1) is 10.6. The number of nitrogens with one attached hydrogen (secondary N) is 1. The van der Waals surface area contributed by atoms with Crippen LogP contribution in [-0.2, 0) is 0 Å². The Morgan fingerprint density at radius 1 is 1.14 bits per heavy atom. The predicted molar refractivity (Wildman–Crippen MR) is 88.7 cm³/mol. The number of hydrogen-bond acceptors (Lipinski definition) is 4. The van der Waals surface area contributed by atoms with Crippen molar-refractivity contribution in [1.29, 1.82) is 0 Å². The van der Waals surface area contributed by atoms with E-state index in [0.29, 0.717) is 10.6 Å². The molecule has 0 aliphatic rings. The van der Waals surface area contributed by atoms with Gasteiger partial charge in [-0.05, 0) is 49.0 Å². The van der Waals surface area contributed by atoms with E-state index in [4.69, 9.17) is 12.2 Å². The SMILES string of the molecule is Cc1ccc(-c2n[nH]c(=S)n2/N=C\c2ccc(O)cc2)cc1. The topological polar surface area (TPSA) is 66.2 Å². The van der Waals surface area contributed by atoms with Crippen molar-refractivity contribution >= 4 is 18.4 Å². The standard InChI is InChI=1S/C16H14N4OS/c1-11-2-6-13(7-3-11)15-18-19-16(22)20(15)17-10-12-4-8-14(21)9-5-12/h2-10,21H,1H3,(H,19,22)/b17-10-. The molecule has 0 saturated heterocycles. The summed E-state index contributed by atoms with van der Waals surface area (Å²) in [5, 5.41) is 20.7. The Bertz CT molecular complexity index is 860. The second-order valence-corrected chi connectivity index (χ2v) is 5.25. The predicted octanol–water partition coefficient (Wildman–Crippen LogP) is 3.50. The first-order valence-electron chi connectivity index (χ1n) is 6.71. The van der Waals surface area contributed by atoms with Gasteiger partial charge in [-0.15, -0.1) is 0 Å². The highest BCUT2D eigenvalue weighted by atomic mass is 32.1. The molecule has 0 aliphatic carbocycles. The van der Waals surface area contributed by atoms with Crippen molar-refractivity contribution in [2.75, 3.05) is 0 Å². The maximum Gasteiger partial charge on any atom is 0.216 e. The Morgan fingerprint density at radius 3 is 2.50 bits per heavy atom. The molecule has 3 rings (SSSR count). The van der Waals surface area contributed by atoms with Crippen molar-refractivity contribution in [1.82, 2.24) is 14.9 Å². The lowest BCUT2D eigenvalue weighted by Gasteiger charge is -2.01. The molecule has 0 radical (unpaired) electrons. The summed E-state index contributed by atoms with van der Waals surface area (Å²) >= 11 is 5.23. The maximum absolute atomic E-state index is 9.29. The highest BCUT2D eigenvalue weighted by Gasteiger charge is 2.07. The van der Waals surface area contributed by atoms with Gasteiger partial charge in [0.15, 0.2) is 5.82 Å². The number of phenolic OH excluding ortho intramolecular Hbond substituents is 1. The number of benzene rings is 2. The summed E-state index contributed by atoms with van der Waals surface area (Å²) in [6, 6.07) is 14.7. The average Bonchev–Trinajstić information content (AvgIpc) is 2.89. The lowest BCUT2D eigenvalue weighted by atomic mass is 10.1. The summed E-state index contributed by atoms with van der Waals surface area (Å²) < 4.78 is 2.00. The average molecular weight is 310 g/mol. The molecule has 5 nitrogen and oxygen atoms in total. The largest absolute Gasteiger partial charge is 0.508 e. The van der Waals surface area contributed by atoms with Gasteiger partial charge in [-0.25, -0.2) is 5.10 Å². The van der Waals surface area contributed by atoms with Crippen LogP contribution >= 0.6 is 12.2 Å². The van der Waals surface area contributed by atoms with Gasteiger partial charge in [0, 0.05) is 5.56 Å². The van der Waals surface area contributed by atoms with Crippen LogP contribution in [-0.4, -0.2) is 26.2 Å². The van der Waals surface area contributed by atoms with Gasteiger partial charge >= 0.3 is 0 Å². The molecule has 2 N–H and O–H groups in total. The first kappa shape index (κ1) is 14.2. The van der Waals surface area contributed by atoms with Crippen molar-refractivity contribution in [3.8, 4) is 17.1 Å². The molecule has 0 unspecified atom stereocenters. The number of aromatic amines is 1. The highest BCUT2D eigenvalue weighted by molar-refractivity contribution is 7.71. The smallest absolute Gasteiger partial charge is 0.216 e. The quantitative estimate of drug-likeness (QED) is 0.575. The minimum absolute atomic E-state index is 0.220. The van der Waals surface area contributed by atoms with Gasteiger partial charge in [0.25, 0.3) is 0 Å². The maximum atomic E-state index is 9.29. The van der Waals surface area contributed by atoms with E-state index in [-0.39, 0.29) is 5.75 Å². The van der Waals surface area contributed by atoms with Crippen molar-refractivity contribution < 1.29 is 5.11 Å². The van der Waals surface area contributed by atoms with Crippen LogP contribution < -0.4 is 0 Å². The molecule has 1 heterocycles. The molecular formula is C16H14N4OS. The van der Waals surface area contributed by atoms with Crippen LogP contribution in [0.3, 0.4) is 0 Å². The van der Waals surface area contributed by atoms with E-state index in [1.807, 2.05) is 31.2 Å². The zero-order chi connectivity index (χ0) is 15.5. The fraction of sp³-hybridized carbons (Fsp3) is 0.0625. The summed E-state index contributed by atoms with van der Waals surface area (Å²) in [5.41, 5.74) is 2.97. The number of aromatic hydroxyl groups is 1. The fourth-order valence-electron chi connectivity index (χ4n) is 1.97. The van der Waals surface area contributed by atoms with Gasteiger partial charge in [0.05, 0.1) is 6.21 Å². The van der Waals surface area contributed by atoms with Gasteiger partial charge in [0.1, 0.15) is 5.75 Å².